The van der Waals surface area contributed by atoms with Crippen LogP contribution >= 0.6 is 11.6 Å². The number of benzene rings is 1. The lowest BCUT2D eigenvalue weighted by Crippen LogP contribution is -2.16. The molecule has 0 bridgehead atoms. The van der Waals surface area contributed by atoms with Crippen LogP contribution in [0.5, 0.6) is 5.75 Å². The Labute approximate surface area is 129 Å². The lowest BCUT2D eigenvalue weighted by Gasteiger charge is -2.02. The van der Waals surface area contributed by atoms with Gasteiger partial charge in [0.1, 0.15) is 5.75 Å². The third kappa shape index (κ3) is 5.73. The fourth-order valence-corrected chi connectivity index (χ4v) is 1.92. The quantitative estimate of drug-likeness (QED) is 0.721. The van der Waals surface area contributed by atoms with Gasteiger partial charge in [0.25, 0.3) is 5.89 Å². The summed E-state index contributed by atoms with van der Waals surface area (Å²) in [5, 5.41) is 12.0. The average molecular weight is 310 g/mol. The van der Waals surface area contributed by atoms with Gasteiger partial charge in [-0.25, -0.2) is 0 Å². The maximum absolute atomic E-state index is 5.81. The van der Waals surface area contributed by atoms with Crippen LogP contribution < -0.4 is 10.1 Å². The van der Waals surface area contributed by atoms with Gasteiger partial charge in [0.15, 0.2) is 6.61 Å². The van der Waals surface area contributed by atoms with Gasteiger partial charge in [-0.05, 0) is 50.2 Å². The molecule has 0 fully saturated rings. The fraction of sp³-hybridized carbons (Fsp3) is 0.467. The molecule has 0 unspecified atom stereocenters. The molecule has 0 spiro atoms. The summed E-state index contributed by atoms with van der Waals surface area (Å²) in [6, 6.07) is 7.16. The smallest absolute Gasteiger partial charge is 0.253 e. The molecule has 0 saturated carbocycles. The van der Waals surface area contributed by atoms with Crippen LogP contribution in [0.25, 0.3) is 0 Å². The molecule has 0 aliphatic carbocycles. The van der Waals surface area contributed by atoms with Crippen molar-refractivity contribution in [2.24, 2.45) is 0 Å². The molecule has 1 aromatic carbocycles. The van der Waals surface area contributed by atoms with Crippen molar-refractivity contribution >= 4 is 11.6 Å². The van der Waals surface area contributed by atoms with Crippen molar-refractivity contribution in [3.05, 3.63) is 41.1 Å². The van der Waals surface area contributed by atoms with Crippen LogP contribution in [0.1, 0.15) is 31.5 Å². The number of aromatic nitrogens is 2. The predicted octanol–water partition coefficient (Wildman–Crippen LogP) is 3.23. The summed E-state index contributed by atoms with van der Waals surface area (Å²) in [5.41, 5.74) is 0. The Morgan fingerprint density at radius 3 is 2.67 bits per heavy atom. The van der Waals surface area contributed by atoms with Gasteiger partial charge in [-0.15, -0.1) is 10.2 Å². The first kappa shape index (κ1) is 15.8. The van der Waals surface area contributed by atoms with Crippen molar-refractivity contribution in [2.75, 3.05) is 13.1 Å². The minimum atomic E-state index is 0.267. The zero-order valence-corrected chi connectivity index (χ0v) is 12.9. The topological polar surface area (TPSA) is 60.2 Å². The number of aryl methyl sites for hydroxylation is 1. The van der Waals surface area contributed by atoms with E-state index < -0.39 is 0 Å². The number of rotatable bonds is 9. The largest absolute Gasteiger partial charge is 0.484 e. The van der Waals surface area contributed by atoms with Crippen LogP contribution in [0.3, 0.4) is 0 Å². The standard InChI is InChI=1S/C15H20ClN3O2/c1-2-9-17-10-3-4-14-18-19-15(21-14)11-20-13-7-5-12(16)6-8-13/h5-8,17H,2-4,9-11H2,1H3. The normalized spacial score (nSPS) is 10.8. The molecule has 114 valence electrons. The minimum Gasteiger partial charge on any atom is -0.484 e. The third-order valence-corrected chi connectivity index (χ3v) is 3.11. The predicted molar refractivity (Wildman–Crippen MR) is 81.6 cm³/mol. The number of nitrogens with zero attached hydrogens (tertiary/aromatic N) is 2. The van der Waals surface area contributed by atoms with Crippen LogP contribution in [-0.2, 0) is 13.0 Å². The molecular formula is C15H20ClN3O2. The number of hydrogen-bond acceptors (Lipinski definition) is 5. The van der Waals surface area contributed by atoms with Crippen LogP contribution in [0, 0.1) is 0 Å². The van der Waals surface area contributed by atoms with Crippen molar-refractivity contribution < 1.29 is 9.15 Å². The molecule has 1 N–H and O–H groups in total. The molecule has 21 heavy (non-hydrogen) atoms. The van der Waals surface area contributed by atoms with E-state index in [1.54, 1.807) is 24.3 Å². The van der Waals surface area contributed by atoms with Crippen molar-refractivity contribution in [1.82, 2.24) is 15.5 Å². The van der Waals surface area contributed by atoms with E-state index in [2.05, 4.69) is 22.4 Å². The van der Waals surface area contributed by atoms with E-state index in [0.717, 1.165) is 38.1 Å². The zero-order valence-electron chi connectivity index (χ0n) is 12.1. The van der Waals surface area contributed by atoms with Crippen LogP contribution in [-0.4, -0.2) is 23.3 Å². The summed E-state index contributed by atoms with van der Waals surface area (Å²) >= 11 is 5.81. The second-order valence-electron chi connectivity index (χ2n) is 4.69. The van der Waals surface area contributed by atoms with Gasteiger partial charge in [0.05, 0.1) is 0 Å². The monoisotopic (exact) mass is 309 g/mol. The summed E-state index contributed by atoms with van der Waals surface area (Å²) in [5.74, 6) is 1.87. The lowest BCUT2D eigenvalue weighted by molar-refractivity contribution is 0.258. The van der Waals surface area contributed by atoms with E-state index in [4.69, 9.17) is 20.8 Å². The third-order valence-electron chi connectivity index (χ3n) is 2.86. The first-order valence-electron chi connectivity index (χ1n) is 7.18. The second kappa shape index (κ2) is 8.64. The molecule has 1 aromatic heterocycles. The number of halogens is 1. The first-order chi connectivity index (χ1) is 10.3. The molecule has 0 aliphatic rings. The van der Waals surface area contributed by atoms with Crippen molar-refractivity contribution in [1.29, 1.82) is 0 Å². The van der Waals surface area contributed by atoms with E-state index in [9.17, 15) is 0 Å². The van der Waals surface area contributed by atoms with E-state index >= 15 is 0 Å². The molecule has 2 rings (SSSR count). The highest BCUT2D eigenvalue weighted by atomic mass is 35.5. The van der Waals surface area contributed by atoms with Crippen LogP contribution in [0.4, 0.5) is 0 Å². The number of ether oxygens (including phenoxy) is 1. The molecule has 0 aliphatic heterocycles. The van der Waals surface area contributed by atoms with Gasteiger partial charge in [-0.2, -0.15) is 0 Å². The van der Waals surface area contributed by atoms with Crippen molar-refractivity contribution in [3.63, 3.8) is 0 Å². The molecule has 0 saturated heterocycles. The van der Waals surface area contributed by atoms with Gasteiger partial charge in [0.2, 0.25) is 5.89 Å². The van der Waals surface area contributed by atoms with Crippen LogP contribution in [0.2, 0.25) is 5.02 Å². The highest BCUT2D eigenvalue weighted by Crippen LogP contribution is 2.16. The zero-order chi connectivity index (χ0) is 14.9. The van der Waals surface area contributed by atoms with Gasteiger partial charge in [0, 0.05) is 11.4 Å². The average Bonchev–Trinajstić information content (AvgIpc) is 2.94. The highest BCUT2D eigenvalue weighted by molar-refractivity contribution is 6.30. The molecule has 0 radical (unpaired) electrons. The van der Waals surface area contributed by atoms with Crippen LogP contribution in [0.15, 0.2) is 28.7 Å². The van der Waals surface area contributed by atoms with Crippen molar-refractivity contribution in [2.45, 2.75) is 32.8 Å². The molecule has 5 nitrogen and oxygen atoms in total. The highest BCUT2D eigenvalue weighted by Gasteiger charge is 2.06. The molecule has 0 amide bonds. The molecule has 0 atom stereocenters. The van der Waals surface area contributed by atoms with Gasteiger partial charge < -0.3 is 14.5 Å². The Morgan fingerprint density at radius 2 is 1.90 bits per heavy atom. The Hall–Kier alpha value is -1.59. The molecule has 2 aromatic rings. The summed E-state index contributed by atoms with van der Waals surface area (Å²) < 4.78 is 11.1. The van der Waals surface area contributed by atoms with E-state index in [1.807, 2.05) is 0 Å². The van der Waals surface area contributed by atoms with Gasteiger partial charge in [-0.3, -0.25) is 0 Å². The Kier molecular flexibility index (Phi) is 6.50. The minimum absolute atomic E-state index is 0.267. The Bertz CT molecular complexity index is 528. The van der Waals surface area contributed by atoms with Gasteiger partial charge in [-0.1, -0.05) is 18.5 Å². The molecule has 1 heterocycles. The van der Waals surface area contributed by atoms with E-state index in [0.29, 0.717) is 16.8 Å². The summed E-state index contributed by atoms with van der Waals surface area (Å²) in [6.07, 6.45) is 2.91. The Morgan fingerprint density at radius 1 is 1.14 bits per heavy atom. The molecular weight excluding hydrogens is 290 g/mol. The van der Waals surface area contributed by atoms with E-state index in [1.165, 1.54) is 0 Å². The maximum atomic E-state index is 5.81. The lowest BCUT2D eigenvalue weighted by atomic mass is 10.3. The Balaban J connectivity index is 1.71. The number of hydrogen-bond donors (Lipinski definition) is 1. The summed E-state index contributed by atoms with van der Waals surface area (Å²) in [6.45, 7) is 4.43. The number of nitrogens with one attached hydrogen (secondary N) is 1. The van der Waals surface area contributed by atoms with Crippen molar-refractivity contribution in [3.8, 4) is 5.75 Å². The first-order valence-corrected chi connectivity index (χ1v) is 7.56. The SMILES string of the molecule is CCCNCCCc1nnc(COc2ccc(Cl)cc2)o1. The van der Waals surface area contributed by atoms with E-state index in [-0.39, 0.29) is 6.61 Å². The summed E-state index contributed by atoms with van der Waals surface area (Å²) in [4.78, 5) is 0. The van der Waals surface area contributed by atoms with Gasteiger partial charge >= 0.3 is 0 Å². The second-order valence-corrected chi connectivity index (χ2v) is 5.12. The fourth-order valence-electron chi connectivity index (χ4n) is 1.79. The molecule has 6 heteroatoms. The maximum Gasteiger partial charge on any atom is 0.253 e. The summed E-state index contributed by atoms with van der Waals surface area (Å²) in [7, 11) is 0.